The number of nitrogens with zero attached hydrogens (tertiary/aromatic N) is 1. The number of aliphatic hydroxyl groups excluding tert-OH is 1. The van der Waals surface area contributed by atoms with Crippen LogP contribution in [0.4, 0.5) is 0 Å². The number of primary amides is 3. The molecule has 1 rings (SSSR count). The van der Waals surface area contributed by atoms with Gasteiger partial charge in [0.1, 0.15) is 42.3 Å². The van der Waals surface area contributed by atoms with Crippen LogP contribution in [0.25, 0.3) is 0 Å². The van der Waals surface area contributed by atoms with Crippen LogP contribution < -0.4 is 60.2 Å². The van der Waals surface area contributed by atoms with Crippen LogP contribution in [0.15, 0.2) is 12.5 Å². The molecule has 0 aliphatic rings. The third kappa shape index (κ3) is 19.6. The highest BCUT2D eigenvalue weighted by Gasteiger charge is 2.34. The number of imidazole rings is 1. The smallest absolute Gasteiger partial charge is 0.326 e. The standard InChI is InChI=1S/C36H59N13O13/c1-15(2)8-20(48-35(60)28(40)17(5)50)32(57)46-21(9-18-12-41-14-43-18)33(58)45-19(6-7-24(37)51)31(56)47-22(10-25(38)52)30(55)42-13-27(54)44-23(11-26(39)53)34(59)49-29(16(3)4)36(61)62/h12,14-17,19-23,28-29,50H,6-11,13,40H2,1-5H3,(H2,37,51)(H2,38,52)(H2,39,53)(H,41,43)(H,42,55)(H,44,54)(H,45,58)(H,46,57)(H,47,56)(H,48,60)(H,49,59)(H,61,62). The van der Waals surface area contributed by atoms with Crippen molar-refractivity contribution in [2.45, 2.75) is 122 Å². The van der Waals surface area contributed by atoms with Crippen molar-refractivity contribution in [1.82, 2.24) is 47.2 Å². The molecule has 8 atom stereocenters. The first-order valence-corrected chi connectivity index (χ1v) is 19.4. The zero-order valence-corrected chi connectivity index (χ0v) is 35.0. The normalized spacial score (nSPS) is 14.9. The van der Waals surface area contributed by atoms with E-state index in [0.29, 0.717) is 5.69 Å². The van der Waals surface area contributed by atoms with Gasteiger partial charge in [-0.1, -0.05) is 27.7 Å². The number of aliphatic hydroxyl groups is 1. The molecule has 0 spiro atoms. The van der Waals surface area contributed by atoms with Gasteiger partial charge < -0.3 is 75.3 Å². The fraction of sp³-hybridized carbons (Fsp3) is 0.611. The van der Waals surface area contributed by atoms with Crippen LogP contribution in [0.1, 0.15) is 72.4 Å². The number of rotatable bonds is 28. The van der Waals surface area contributed by atoms with Crippen molar-refractivity contribution < 1.29 is 63.0 Å². The van der Waals surface area contributed by atoms with Gasteiger partial charge in [-0.2, -0.15) is 0 Å². The van der Waals surface area contributed by atoms with Crippen LogP contribution in [0.2, 0.25) is 0 Å². The molecule has 0 saturated heterocycles. The second-order valence-electron chi connectivity index (χ2n) is 15.2. The maximum Gasteiger partial charge on any atom is 0.326 e. The Labute approximate surface area is 355 Å². The molecule has 0 fully saturated rings. The Bertz CT molecular complexity index is 1770. The van der Waals surface area contributed by atoms with E-state index in [0.717, 1.165) is 0 Å². The number of amides is 10. The molecule has 62 heavy (non-hydrogen) atoms. The molecule has 0 aliphatic heterocycles. The second kappa shape index (κ2) is 25.8. The van der Waals surface area contributed by atoms with Gasteiger partial charge in [-0.25, -0.2) is 9.78 Å². The number of hydrogen-bond donors (Lipinski definition) is 14. The summed E-state index contributed by atoms with van der Waals surface area (Å²) in [7, 11) is 0. The Morgan fingerprint density at radius 3 is 1.65 bits per heavy atom. The molecule has 1 aromatic heterocycles. The minimum atomic E-state index is -1.80. The van der Waals surface area contributed by atoms with Gasteiger partial charge >= 0.3 is 5.97 Å². The average molecular weight is 882 g/mol. The highest BCUT2D eigenvalue weighted by atomic mass is 16.4. The van der Waals surface area contributed by atoms with Crippen molar-refractivity contribution in [2.75, 3.05) is 6.54 Å². The Morgan fingerprint density at radius 1 is 0.661 bits per heavy atom. The van der Waals surface area contributed by atoms with Crippen LogP contribution in [0.3, 0.4) is 0 Å². The van der Waals surface area contributed by atoms with E-state index < -0.39 is 152 Å². The molecular weight excluding hydrogens is 822 g/mol. The summed E-state index contributed by atoms with van der Waals surface area (Å²) < 4.78 is 0. The summed E-state index contributed by atoms with van der Waals surface area (Å²) in [6.45, 7) is 6.88. The highest BCUT2D eigenvalue weighted by Crippen LogP contribution is 2.09. The molecule has 1 aromatic rings. The number of nitrogens with one attached hydrogen (secondary N) is 8. The van der Waals surface area contributed by atoms with Crippen molar-refractivity contribution in [3.8, 4) is 0 Å². The summed E-state index contributed by atoms with van der Waals surface area (Å²) in [5.74, 6) is -12.4. The summed E-state index contributed by atoms with van der Waals surface area (Å²) in [6.07, 6.45) is -1.34. The second-order valence-corrected chi connectivity index (χ2v) is 15.2. The SMILES string of the molecule is CC(C)CC(NC(=O)C(N)C(C)O)C(=O)NC(Cc1cnc[nH]1)C(=O)NC(CCC(N)=O)C(=O)NC(CC(N)=O)C(=O)NCC(=O)NC(CC(N)=O)C(=O)NC(C(=O)O)C(C)C. The monoisotopic (exact) mass is 881 g/mol. The molecule has 0 radical (unpaired) electrons. The zero-order valence-electron chi connectivity index (χ0n) is 35.0. The van der Waals surface area contributed by atoms with E-state index in [1.165, 1.54) is 33.3 Å². The lowest BCUT2D eigenvalue weighted by Gasteiger charge is -2.27. The third-order valence-electron chi connectivity index (χ3n) is 8.84. The van der Waals surface area contributed by atoms with E-state index in [1.807, 2.05) is 0 Å². The van der Waals surface area contributed by atoms with Crippen molar-refractivity contribution in [1.29, 1.82) is 0 Å². The fourth-order valence-electron chi connectivity index (χ4n) is 5.51. The minimum Gasteiger partial charge on any atom is -0.480 e. The van der Waals surface area contributed by atoms with Gasteiger partial charge in [0.25, 0.3) is 0 Å². The summed E-state index contributed by atoms with van der Waals surface area (Å²) >= 11 is 0. The van der Waals surface area contributed by atoms with Crippen LogP contribution >= 0.6 is 0 Å². The highest BCUT2D eigenvalue weighted by molar-refractivity contribution is 5.98. The van der Waals surface area contributed by atoms with E-state index in [4.69, 9.17) is 22.9 Å². The largest absolute Gasteiger partial charge is 0.480 e. The molecule has 18 N–H and O–H groups in total. The van der Waals surface area contributed by atoms with Gasteiger partial charge in [0.05, 0.1) is 31.8 Å². The summed E-state index contributed by atoms with van der Waals surface area (Å²) in [5, 5.41) is 35.2. The van der Waals surface area contributed by atoms with Gasteiger partial charge in [-0.15, -0.1) is 0 Å². The maximum atomic E-state index is 13.9. The average Bonchev–Trinajstić information content (AvgIpc) is 3.68. The van der Waals surface area contributed by atoms with E-state index >= 15 is 0 Å². The number of carbonyl (C=O) groups excluding carboxylic acids is 10. The third-order valence-corrected chi connectivity index (χ3v) is 8.84. The molecule has 26 nitrogen and oxygen atoms in total. The first kappa shape index (κ1) is 53.3. The number of carboxylic acids is 1. The Balaban J connectivity index is 3.30. The predicted octanol–water partition coefficient (Wildman–Crippen LogP) is -6.51. The molecule has 346 valence electrons. The van der Waals surface area contributed by atoms with Crippen LogP contribution in [0.5, 0.6) is 0 Å². The van der Waals surface area contributed by atoms with Crippen molar-refractivity contribution in [3.63, 3.8) is 0 Å². The molecule has 10 amide bonds. The first-order chi connectivity index (χ1) is 28.8. The topological polar surface area (TPSA) is 445 Å². The number of H-pyrrole nitrogens is 1. The molecule has 1 heterocycles. The number of aromatic nitrogens is 2. The van der Waals surface area contributed by atoms with Crippen molar-refractivity contribution in [3.05, 3.63) is 18.2 Å². The predicted molar refractivity (Wildman–Crippen MR) is 215 cm³/mol. The van der Waals surface area contributed by atoms with E-state index in [9.17, 15) is 63.0 Å². The lowest BCUT2D eigenvalue weighted by Crippen LogP contribution is -2.60. The summed E-state index contributed by atoms with van der Waals surface area (Å²) in [5.41, 5.74) is 21.9. The summed E-state index contributed by atoms with van der Waals surface area (Å²) in [6, 6.07) is -10.6. The van der Waals surface area contributed by atoms with E-state index in [2.05, 4.69) is 47.2 Å². The lowest BCUT2D eigenvalue weighted by atomic mass is 10.0. The maximum absolute atomic E-state index is 13.9. The lowest BCUT2D eigenvalue weighted by molar-refractivity contribution is -0.143. The summed E-state index contributed by atoms with van der Waals surface area (Å²) in [4.78, 5) is 146. The molecule has 0 aliphatic carbocycles. The van der Waals surface area contributed by atoms with Gasteiger partial charge in [-0.05, 0) is 31.6 Å². The van der Waals surface area contributed by atoms with E-state index in [-0.39, 0.29) is 18.8 Å². The Hall–Kier alpha value is -6.70. The van der Waals surface area contributed by atoms with Crippen LogP contribution in [-0.2, 0) is 59.2 Å². The zero-order chi connectivity index (χ0) is 47.4. The molecule has 0 aromatic carbocycles. The minimum absolute atomic E-state index is 0.0753. The number of carbonyl (C=O) groups is 11. The molecule has 8 unspecified atom stereocenters. The van der Waals surface area contributed by atoms with Gasteiger partial charge in [0.2, 0.25) is 59.1 Å². The van der Waals surface area contributed by atoms with Gasteiger partial charge in [0, 0.05) is 24.7 Å². The number of nitrogens with two attached hydrogens (primary N) is 4. The molecular formula is C36H59N13O13. The molecule has 0 saturated carbocycles. The Kier molecular flexibility index (Phi) is 22.2. The number of aliphatic carboxylic acids is 1. The number of aromatic amines is 1. The molecule has 0 bridgehead atoms. The van der Waals surface area contributed by atoms with Crippen LogP contribution in [-0.4, -0.2) is 140 Å². The first-order valence-electron chi connectivity index (χ1n) is 19.4. The molecule has 26 heteroatoms. The van der Waals surface area contributed by atoms with Gasteiger partial charge in [0.15, 0.2) is 0 Å². The van der Waals surface area contributed by atoms with Crippen molar-refractivity contribution in [2.24, 2.45) is 34.8 Å². The van der Waals surface area contributed by atoms with Crippen molar-refractivity contribution >= 4 is 65.0 Å². The number of carboxylic acid groups (broad SMARTS) is 1. The quantitative estimate of drug-likeness (QED) is 0.0372. The van der Waals surface area contributed by atoms with E-state index in [1.54, 1.807) is 13.8 Å². The van der Waals surface area contributed by atoms with Crippen LogP contribution in [0, 0.1) is 11.8 Å². The fourth-order valence-corrected chi connectivity index (χ4v) is 5.51. The van der Waals surface area contributed by atoms with Gasteiger partial charge in [-0.3, -0.25) is 47.9 Å². The number of hydrogen-bond acceptors (Lipinski definition) is 14. The Morgan fingerprint density at radius 2 is 1.16 bits per heavy atom.